The highest BCUT2D eigenvalue weighted by Crippen LogP contribution is 2.38. The van der Waals surface area contributed by atoms with Gasteiger partial charge in [-0.25, -0.2) is 9.69 Å². The molecule has 0 bridgehead atoms. The fourth-order valence-corrected chi connectivity index (χ4v) is 4.45. The Labute approximate surface area is 226 Å². The molecule has 1 aliphatic heterocycles. The summed E-state index contributed by atoms with van der Waals surface area (Å²) >= 11 is 9.52. The molecule has 0 aromatic heterocycles. The Morgan fingerprint density at radius 2 is 1.78 bits per heavy atom. The van der Waals surface area contributed by atoms with Crippen LogP contribution in [0.15, 0.2) is 70.7 Å². The van der Waals surface area contributed by atoms with Crippen molar-refractivity contribution in [3.8, 4) is 17.2 Å². The van der Waals surface area contributed by atoms with E-state index in [4.69, 9.17) is 25.8 Å². The van der Waals surface area contributed by atoms with Crippen molar-refractivity contribution < 1.29 is 28.6 Å². The number of imide groups is 2. The number of rotatable bonds is 8. The molecule has 0 atom stereocenters. The van der Waals surface area contributed by atoms with E-state index in [0.717, 1.165) is 10.5 Å². The van der Waals surface area contributed by atoms with Gasteiger partial charge in [-0.05, 0) is 88.6 Å². The van der Waals surface area contributed by atoms with Crippen LogP contribution < -0.4 is 24.4 Å². The van der Waals surface area contributed by atoms with Gasteiger partial charge in [0.1, 0.15) is 17.9 Å². The fraction of sp³-hybridized carbons (Fsp3) is 0.148. The first-order valence-electron chi connectivity index (χ1n) is 11.2. The Morgan fingerprint density at radius 3 is 2.46 bits per heavy atom. The molecule has 1 heterocycles. The average Bonchev–Trinajstić information content (AvgIpc) is 2.86. The number of benzene rings is 3. The Kier molecular flexibility index (Phi) is 8.15. The molecule has 1 aliphatic rings. The Hall–Kier alpha value is -3.82. The molecule has 8 nitrogen and oxygen atoms in total. The van der Waals surface area contributed by atoms with E-state index in [1.807, 2.05) is 19.1 Å². The highest BCUT2D eigenvalue weighted by molar-refractivity contribution is 9.10. The maximum absolute atomic E-state index is 13.2. The number of nitrogens with zero attached hydrogens (tertiary/aromatic N) is 1. The van der Waals surface area contributed by atoms with Gasteiger partial charge in [-0.1, -0.05) is 23.7 Å². The maximum Gasteiger partial charge on any atom is 0.335 e. The number of hydrogen-bond acceptors (Lipinski definition) is 6. The van der Waals surface area contributed by atoms with Crippen molar-refractivity contribution in [1.82, 2.24) is 5.32 Å². The van der Waals surface area contributed by atoms with Crippen molar-refractivity contribution in [2.45, 2.75) is 13.5 Å². The SMILES string of the molecule is CCOc1ccc(N2C(=O)NC(=O)/C(=C\c3cc(Br)c(OCc4cccc(Cl)c4)c(OC)c3)C2=O)cc1. The fourth-order valence-electron chi connectivity index (χ4n) is 3.66. The second-order valence-corrected chi connectivity index (χ2v) is 9.13. The van der Waals surface area contributed by atoms with Gasteiger partial charge in [-0.2, -0.15) is 0 Å². The highest BCUT2D eigenvalue weighted by Gasteiger charge is 2.37. The Morgan fingerprint density at radius 1 is 1.03 bits per heavy atom. The van der Waals surface area contributed by atoms with Crippen LogP contribution in [0, 0.1) is 0 Å². The molecule has 0 aliphatic carbocycles. The number of methoxy groups -OCH3 is 1. The van der Waals surface area contributed by atoms with Gasteiger partial charge < -0.3 is 14.2 Å². The number of carbonyl (C=O) groups excluding carboxylic acids is 3. The van der Waals surface area contributed by atoms with Crippen molar-refractivity contribution in [3.05, 3.63) is 86.9 Å². The lowest BCUT2D eigenvalue weighted by atomic mass is 10.1. The zero-order chi connectivity index (χ0) is 26.5. The lowest BCUT2D eigenvalue weighted by Gasteiger charge is -2.26. The second kappa shape index (κ2) is 11.5. The van der Waals surface area contributed by atoms with Crippen molar-refractivity contribution >= 4 is 57.1 Å². The summed E-state index contributed by atoms with van der Waals surface area (Å²) in [7, 11) is 1.48. The molecule has 0 unspecified atom stereocenters. The molecule has 4 amide bonds. The molecule has 0 radical (unpaired) electrons. The van der Waals surface area contributed by atoms with Crippen LogP contribution in [-0.2, 0) is 16.2 Å². The second-order valence-electron chi connectivity index (χ2n) is 7.84. The summed E-state index contributed by atoms with van der Waals surface area (Å²) in [5.41, 5.74) is 1.44. The third-order valence-corrected chi connectivity index (χ3v) is 6.17. The van der Waals surface area contributed by atoms with E-state index in [2.05, 4.69) is 21.2 Å². The lowest BCUT2D eigenvalue weighted by molar-refractivity contribution is -0.122. The minimum Gasteiger partial charge on any atom is -0.494 e. The van der Waals surface area contributed by atoms with E-state index in [0.29, 0.717) is 44.6 Å². The first kappa shape index (κ1) is 26.2. The van der Waals surface area contributed by atoms with Gasteiger partial charge in [0.2, 0.25) is 0 Å². The molecule has 0 spiro atoms. The van der Waals surface area contributed by atoms with Crippen LogP contribution in [0.25, 0.3) is 6.08 Å². The lowest BCUT2D eigenvalue weighted by Crippen LogP contribution is -2.54. The summed E-state index contributed by atoms with van der Waals surface area (Å²) in [6.45, 7) is 2.58. The predicted octanol–water partition coefficient (Wildman–Crippen LogP) is 5.76. The molecule has 3 aromatic carbocycles. The zero-order valence-corrected chi connectivity index (χ0v) is 22.3. The number of hydrogen-bond donors (Lipinski definition) is 1. The monoisotopic (exact) mass is 584 g/mol. The molecular formula is C27H22BrClN2O6. The molecule has 190 valence electrons. The molecule has 3 aromatic rings. The minimum absolute atomic E-state index is 0.213. The quantitative estimate of drug-likeness (QED) is 0.267. The van der Waals surface area contributed by atoms with Gasteiger partial charge in [0.05, 0.1) is 23.9 Å². The smallest absolute Gasteiger partial charge is 0.335 e. The van der Waals surface area contributed by atoms with Gasteiger partial charge in [-0.3, -0.25) is 14.9 Å². The van der Waals surface area contributed by atoms with E-state index < -0.39 is 17.8 Å². The number of barbiturate groups is 1. The number of carbonyl (C=O) groups is 3. The largest absolute Gasteiger partial charge is 0.494 e. The van der Waals surface area contributed by atoms with Gasteiger partial charge in [0.15, 0.2) is 11.5 Å². The van der Waals surface area contributed by atoms with Crippen LogP contribution in [0.4, 0.5) is 10.5 Å². The van der Waals surface area contributed by atoms with Crippen LogP contribution in [0.1, 0.15) is 18.1 Å². The van der Waals surface area contributed by atoms with Crippen LogP contribution >= 0.6 is 27.5 Å². The van der Waals surface area contributed by atoms with Crippen molar-refractivity contribution in [1.29, 1.82) is 0 Å². The van der Waals surface area contributed by atoms with Gasteiger partial charge in [-0.15, -0.1) is 0 Å². The summed E-state index contributed by atoms with van der Waals surface area (Å²) in [5, 5.41) is 2.81. The third kappa shape index (κ3) is 5.95. The van der Waals surface area contributed by atoms with Gasteiger partial charge >= 0.3 is 6.03 Å². The molecule has 1 N–H and O–H groups in total. The highest BCUT2D eigenvalue weighted by atomic mass is 79.9. The minimum atomic E-state index is -0.833. The van der Waals surface area contributed by atoms with Gasteiger partial charge in [0.25, 0.3) is 11.8 Å². The summed E-state index contributed by atoms with van der Waals surface area (Å²) in [6.07, 6.45) is 1.39. The summed E-state index contributed by atoms with van der Waals surface area (Å²) < 4.78 is 17.4. The van der Waals surface area contributed by atoms with E-state index >= 15 is 0 Å². The van der Waals surface area contributed by atoms with Crippen molar-refractivity contribution in [3.63, 3.8) is 0 Å². The van der Waals surface area contributed by atoms with Crippen LogP contribution in [0.2, 0.25) is 5.02 Å². The maximum atomic E-state index is 13.2. The molecule has 10 heteroatoms. The first-order chi connectivity index (χ1) is 17.8. The van der Waals surface area contributed by atoms with Crippen molar-refractivity contribution in [2.24, 2.45) is 0 Å². The average molecular weight is 586 g/mol. The summed E-state index contributed by atoms with van der Waals surface area (Å²) in [6, 6.07) is 16.2. The number of halogens is 2. The molecule has 1 saturated heterocycles. The normalized spacial score (nSPS) is 14.5. The Balaban J connectivity index is 1.61. The van der Waals surface area contributed by atoms with Crippen LogP contribution in [-0.4, -0.2) is 31.6 Å². The van der Waals surface area contributed by atoms with E-state index in [1.54, 1.807) is 48.5 Å². The molecule has 0 saturated carbocycles. The number of anilines is 1. The standard InChI is InChI=1S/C27H22BrClN2O6/c1-3-36-20-9-7-19(8-10-20)31-26(33)21(25(32)30-27(31)34)12-17-13-22(28)24(23(14-17)35-2)37-15-16-5-4-6-18(29)11-16/h4-14H,3,15H2,1-2H3,(H,30,32,34)/b21-12+. The molecule has 1 fully saturated rings. The molecule has 37 heavy (non-hydrogen) atoms. The molecular weight excluding hydrogens is 564 g/mol. The number of amides is 4. The Bertz CT molecular complexity index is 1390. The van der Waals surface area contributed by atoms with Crippen molar-refractivity contribution in [2.75, 3.05) is 18.6 Å². The number of ether oxygens (including phenoxy) is 3. The van der Waals surface area contributed by atoms with E-state index in [1.165, 1.54) is 13.2 Å². The number of urea groups is 1. The van der Waals surface area contributed by atoms with Crippen LogP contribution in [0.3, 0.4) is 0 Å². The molecule has 4 rings (SSSR count). The zero-order valence-electron chi connectivity index (χ0n) is 19.9. The predicted molar refractivity (Wildman–Crippen MR) is 143 cm³/mol. The van der Waals surface area contributed by atoms with Crippen LogP contribution in [0.5, 0.6) is 17.2 Å². The first-order valence-corrected chi connectivity index (χ1v) is 12.4. The summed E-state index contributed by atoms with van der Waals surface area (Å²) in [4.78, 5) is 39.2. The summed E-state index contributed by atoms with van der Waals surface area (Å²) in [5.74, 6) is -0.137. The van der Waals surface area contributed by atoms with E-state index in [9.17, 15) is 14.4 Å². The topological polar surface area (TPSA) is 94.2 Å². The number of nitrogens with one attached hydrogen (secondary N) is 1. The third-order valence-electron chi connectivity index (χ3n) is 5.34. The van der Waals surface area contributed by atoms with E-state index in [-0.39, 0.29) is 12.2 Å². The van der Waals surface area contributed by atoms with Gasteiger partial charge in [0, 0.05) is 5.02 Å².